The van der Waals surface area contributed by atoms with E-state index >= 15 is 0 Å². The topological polar surface area (TPSA) is 21.3 Å². The Morgan fingerprint density at radius 2 is 1.48 bits per heavy atom. The van der Waals surface area contributed by atoms with E-state index in [0.717, 1.165) is 6.54 Å². The molecule has 0 aromatic carbocycles. The van der Waals surface area contributed by atoms with E-state index in [-0.39, 0.29) is 5.60 Å². The zero-order valence-electron chi connectivity index (χ0n) is 14.9. The summed E-state index contributed by atoms with van der Waals surface area (Å²) >= 11 is 0. The summed E-state index contributed by atoms with van der Waals surface area (Å²) in [7, 11) is 1.92. The van der Waals surface area contributed by atoms with Crippen LogP contribution in [0, 0.1) is 0 Å². The lowest BCUT2D eigenvalue weighted by Crippen LogP contribution is -2.50. The lowest BCUT2D eigenvalue weighted by atomic mass is 9.88. The molecule has 0 amide bonds. The van der Waals surface area contributed by atoms with Crippen molar-refractivity contribution in [3.63, 3.8) is 0 Å². The van der Waals surface area contributed by atoms with Gasteiger partial charge >= 0.3 is 0 Å². The molecular formula is C19H39NO. The van der Waals surface area contributed by atoms with Gasteiger partial charge in [0.1, 0.15) is 0 Å². The molecule has 1 saturated carbocycles. The summed E-state index contributed by atoms with van der Waals surface area (Å²) in [6, 6.07) is 0.565. The molecule has 0 aromatic rings. The second kappa shape index (κ2) is 11.5. The lowest BCUT2D eigenvalue weighted by molar-refractivity contribution is -0.0379. The molecule has 0 heterocycles. The van der Waals surface area contributed by atoms with Crippen molar-refractivity contribution in [2.24, 2.45) is 0 Å². The van der Waals surface area contributed by atoms with Gasteiger partial charge in [0.2, 0.25) is 0 Å². The molecule has 1 N–H and O–H groups in total. The zero-order chi connectivity index (χ0) is 15.4. The molecule has 2 heteroatoms. The fraction of sp³-hybridized carbons (Fsp3) is 1.00. The van der Waals surface area contributed by atoms with Gasteiger partial charge in [0.05, 0.1) is 5.60 Å². The van der Waals surface area contributed by atoms with Crippen molar-refractivity contribution < 1.29 is 4.74 Å². The maximum Gasteiger partial charge on any atom is 0.0830 e. The Bertz CT molecular complexity index is 236. The molecule has 1 aliphatic carbocycles. The van der Waals surface area contributed by atoms with E-state index in [1.807, 2.05) is 7.11 Å². The minimum atomic E-state index is 0.136. The largest absolute Gasteiger partial charge is 0.377 e. The standard InChI is InChI=1S/C19H39NO/c1-4-6-7-8-9-10-11-12-15-18(20-5-2)19(21-3)16-13-14-17-19/h18,20H,4-17H2,1-3H3. The predicted octanol–water partition coefficient (Wildman–Crippen LogP) is 5.45. The smallest absolute Gasteiger partial charge is 0.0830 e. The van der Waals surface area contributed by atoms with Crippen molar-refractivity contribution in [2.75, 3.05) is 13.7 Å². The number of hydrogen-bond acceptors (Lipinski definition) is 2. The van der Waals surface area contributed by atoms with Crippen molar-refractivity contribution in [1.82, 2.24) is 5.32 Å². The van der Waals surface area contributed by atoms with Gasteiger partial charge in [-0.15, -0.1) is 0 Å². The number of rotatable bonds is 13. The van der Waals surface area contributed by atoms with Crippen molar-refractivity contribution in [1.29, 1.82) is 0 Å². The van der Waals surface area contributed by atoms with Gasteiger partial charge in [-0.05, 0) is 25.8 Å². The van der Waals surface area contributed by atoms with Crippen molar-refractivity contribution in [3.05, 3.63) is 0 Å². The minimum Gasteiger partial charge on any atom is -0.377 e. The fourth-order valence-corrected chi connectivity index (χ4v) is 3.95. The van der Waals surface area contributed by atoms with E-state index in [1.165, 1.54) is 83.5 Å². The number of methoxy groups -OCH3 is 1. The molecule has 126 valence electrons. The molecule has 2 nitrogen and oxygen atoms in total. The van der Waals surface area contributed by atoms with Crippen molar-refractivity contribution >= 4 is 0 Å². The van der Waals surface area contributed by atoms with Crippen LogP contribution in [0.4, 0.5) is 0 Å². The van der Waals surface area contributed by atoms with Crippen LogP contribution < -0.4 is 5.32 Å². The number of unbranched alkanes of at least 4 members (excludes halogenated alkanes) is 7. The molecule has 1 fully saturated rings. The van der Waals surface area contributed by atoms with Crippen LogP contribution in [0.3, 0.4) is 0 Å². The highest BCUT2D eigenvalue weighted by atomic mass is 16.5. The Hall–Kier alpha value is -0.0800. The van der Waals surface area contributed by atoms with Crippen LogP contribution in [0.15, 0.2) is 0 Å². The first-order chi connectivity index (χ1) is 10.3. The minimum absolute atomic E-state index is 0.136. The average Bonchev–Trinajstić information content (AvgIpc) is 2.99. The number of hydrogen-bond donors (Lipinski definition) is 1. The summed E-state index contributed by atoms with van der Waals surface area (Å²) in [6.45, 7) is 5.57. The molecule has 0 aromatic heterocycles. The Balaban J connectivity index is 2.19. The molecule has 21 heavy (non-hydrogen) atoms. The summed E-state index contributed by atoms with van der Waals surface area (Å²) in [6.07, 6.45) is 17.7. The van der Waals surface area contributed by atoms with E-state index in [2.05, 4.69) is 19.2 Å². The van der Waals surface area contributed by atoms with Crippen LogP contribution in [-0.4, -0.2) is 25.3 Å². The fourth-order valence-electron chi connectivity index (χ4n) is 3.95. The Morgan fingerprint density at radius 3 is 2.00 bits per heavy atom. The van der Waals surface area contributed by atoms with Crippen LogP contribution in [0.2, 0.25) is 0 Å². The molecule has 1 atom stereocenters. The SMILES string of the molecule is CCCCCCCCCCC(NCC)C1(OC)CCCC1. The van der Waals surface area contributed by atoms with Crippen molar-refractivity contribution in [2.45, 2.75) is 109 Å². The molecule has 1 aliphatic rings. The van der Waals surface area contributed by atoms with Crippen molar-refractivity contribution in [3.8, 4) is 0 Å². The third-order valence-electron chi connectivity index (χ3n) is 5.29. The Morgan fingerprint density at radius 1 is 0.905 bits per heavy atom. The first-order valence-electron chi connectivity index (χ1n) is 9.57. The maximum atomic E-state index is 5.97. The van der Waals surface area contributed by atoms with Gasteiger partial charge in [0, 0.05) is 13.2 Å². The van der Waals surface area contributed by atoms with E-state index in [4.69, 9.17) is 4.74 Å². The zero-order valence-corrected chi connectivity index (χ0v) is 14.9. The lowest BCUT2D eigenvalue weighted by Gasteiger charge is -2.37. The number of likely N-dealkylation sites (N-methyl/N-ethyl adjacent to an activating group) is 1. The van der Waals surface area contributed by atoms with E-state index < -0.39 is 0 Å². The molecule has 0 saturated heterocycles. The van der Waals surface area contributed by atoms with Gasteiger partial charge in [0.25, 0.3) is 0 Å². The predicted molar refractivity (Wildman–Crippen MR) is 92.9 cm³/mol. The molecule has 0 spiro atoms. The summed E-state index contributed by atoms with van der Waals surface area (Å²) in [5.74, 6) is 0. The molecule has 0 aliphatic heterocycles. The first-order valence-corrected chi connectivity index (χ1v) is 9.57. The number of nitrogens with one attached hydrogen (secondary N) is 1. The molecule has 0 bridgehead atoms. The second-order valence-corrected chi connectivity index (χ2v) is 6.85. The molecule has 1 unspecified atom stereocenters. The summed E-state index contributed by atoms with van der Waals surface area (Å²) < 4.78 is 5.97. The average molecular weight is 298 g/mol. The third kappa shape index (κ3) is 6.69. The van der Waals surface area contributed by atoms with E-state index in [0.29, 0.717) is 6.04 Å². The Labute approximate surface area is 133 Å². The normalized spacial score (nSPS) is 19.0. The van der Waals surface area contributed by atoms with Gasteiger partial charge in [-0.1, -0.05) is 78.1 Å². The van der Waals surface area contributed by atoms with Gasteiger partial charge in [0.15, 0.2) is 0 Å². The number of ether oxygens (including phenoxy) is 1. The summed E-state index contributed by atoms with van der Waals surface area (Å²) in [5.41, 5.74) is 0.136. The second-order valence-electron chi connectivity index (χ2n) is 6.85. The maximum absolute atomic E-state index is 5.97. The van der Waals surface area contributed by atoms with Crippen LogP contribution in [0.1, 0.15) is 97.3 Å². The highest BCUT2D eigenvalue weighted by molar-refractivity contribution is 4.96. The molecule has 0 radical (unpaired) electrons. The summed E-state index contributed by atoms with van der Waals surface area (Å²) in [4.78, 5) is 0. The highest BCUT2D eigenvalue weighted by Gasteiger charge is 2.40. The van der Waals surface area contributed by atoms with Crippen LogP contribution in [0.25, 0.3) is 0 Å². The van der Waals surface area contributed by atoms with Gasteiger partial charge < -0.3 is 10.1 Å². The van der Waals surface area contributed by atoms with Crippen LogP contribution in [0.5, 0.6) is 0 Å². The summed E-state index contributed by atoms with van der Waals surface area (Å²) in [5, 5.41) is 3.71. The Kier molecular flexibility index (Phi) is 10.4. The molecule has 1 rings (SSSR count). The molecular weight excluding hydrogens is 258 g/mol. The van der Waals surface area contributed by atoms with Gasteiger partial charge in [-0.25, -0.2) is 0 Å². The van der Waals surface area contributed by atoms with E-state index in [9.17, 15) is 0 Å². The van der Waals surface area contributed by atoms with Gasteiger partial charge in [-0.2, -0.15) is 0 Å². The van der Waals surface area contributed by atoms with E-state index in [1.54, 1.807) is 0 Å². The van der Waals surface area contributed by atoms with Crippen LogP contribution in [-0.2, 0) is 4.74 Å². The third-order valence-corrected chi connectivity index (χ3v) is 5.29. The first kappa shape index (κ1) is 19.0. The van der Waals surface area contributed by atoms with Crippen LogP contribution >= 0.6 is 0 Å². The highest BCUT2D eigenvalue weighted by Crippen LogP contribution is 2.37. The quantitative estimate of drug-likeness (QED) is 0.456. The van der Waals surface area contributed by atoms with Gasteiger partial charge in [-0.3, -0.25) is 0 Å². The monoisotopic (exact) mass is 297 g/mol.